The molecule has 0 bridgehead atoms. The van der Waals surface area contributed by atoms with Crippen LogP contribution in [0.1, 0.15) is 33.7 Å². The van der Waals surface area contributed by atoms with Crippen LogP contribution in [0.15, 0.2) is 144 Å². The zero-order valence-corrected chi connectivity index (χ0v) is 22.7. The number of nitrogens with one attached hydrogen (secondary N) is 2. The van der Waals surface area contributed by atoms with Crippen molar-refractivity contribution in [2.75, 3.05) is 10.6 Å². The average molecular weight is 560 g/mol. The van der Waals surface area contributed by atoms with E-state index in [1.165, 1.54) is 0 Å². The Bertz CT molecular complexity index is 1660. The van der Waals surface area contributed by atoms with E-state index in [0.29, 0.717) is 33.5 Å². The van der Waals surface area contributed by atoms with Gasteiger partial charge in [0.1, 0.15) is 11.5 Å². The molecule has 6 rings (SSSR count). The molecule has 1 amide bonds. The second kappa shape index (κ2) is 12.0. The Labute approximate surface area is 243 Å². The lowest BCUT2D eigenvalue weighted by Gasteiger charge is -2.34. The molecule has 7 heteroatoms. The summed E-state index contributed by atoms with van der Waals surface area (Å²) in [6, 6.07) is 38.0. The third kappa shape index (κ3) is 5.93. The maximum Gasteiger partial charge on any atom is 0.255 e. The van der Waals surface area contributed by atoms with Gasteiger partial charge in [-0.05, 0) is 60.7 Å². The fourth-order valence-electron chi connectivity index (χ4n) is 4.68. The molecule has 0 fully saturated rings. The number of aromatic nitrogens is 1. The Morgan fingerprint density at radius 2 is 1.15 bits per heavy atom. The number of para-hydroxylation sites is 2. The summed E-state index contributed by atoms with van der Waals surface area (Å²) >= 11 is 7.16. The van der Waals surface area contributed by atoms with Gasteiger partial charge < -0.3 is 20.1 Å². The average Bonchev–Trinajstić information content (AvgIpc) is 3.03. The number of hydrogen-bond donors (Lipinski definition) is 2. The molecule has 6 nitrogen and oxygen atoms in total. The summed E-state index contributed by atoms with van der Waals surface area (Å²) in [6.45, 7) is 0. The maximum atomic E-state index is 12.6. The van der Waals surface area contributed by atoms with Crippen LogP contribution in [0.4, 0.5) is 11.4 Å². The molecule has 5 aromatic rings. The molecule has 1 aromatic heterocycles. The van der Waals surface area contributed by atoms with Crippen LogP contribution in [0.3, 0.4) is 0 Å². The Balaban J connectivity index is 1.32. The number of fused-ring (bicyclic) bond motifs is 1. The minimum Gasteiger partial charge on any atom is -0.480 e. The van der Waals surface area contributed by atoms with Gasteiger partial charge in [-0.2, -0.15) is 0 Å². The van der Waals surface area contributed by atoms with Gasteiger partial charge in [-0.25, -0.2) is 0 Å². The minimum atomic E-state index is -0.535. The van der Waals surface area contributed by atoms with Crippen molar-refractivity contribution >= 4 is 28.9 Å². The number of hydrogen-bond acceptors (Lipinski definition) is 5. The SMILES string of the molecule is O=C(Nc1ccc(NC2=C(Cl)C(Oc3ccccc3)c3ccccc3C2Oc2ccccc2)cc1)c1ccncc1. The largest absolute Gasteiger partial charge is 0.480 e. The molecule has 1 aliphatic rings. The molecule has 0 aliphatic heterocycles. The molecule has 0 radical (unpaired) electrons. The number of ether oxygens (including phenoxy) is 2. The van der Waals surface area contributed by atoms with Crippen LogP contribution in [0.5, 0.6) is 11.5 Å². The lowest BCUT2D eigenvalue weighted by atomic mass is 9.89. The highest BCUT2D eigenvalue weighted by Crippen LogP contribution is 2.46. The number of halogens is 1. The topological polar surface area (TPSA) is 72.5 Å². The summed E-state index contributed by atoms with van der Waals surface area (Å²) < 4.78 is 13.0. The summed E-state index contributed by atoms with van der Waals surface area (Å²) in [6.07, 6.45) is 2.13. The number of anilines is 2. The Hall–Kier alpha value is -5.07. The fourth-order valence-corrected chi connectivity index (χ4v) is 4.99. The van der Waals surface area contributed by atoms with Crippen molar-refractivity contribution < 1.29 is 14.3 Å². The second-order valence-corrected chi connectivity index (χ2v) is 9.81. The van der Waals surface area contributed by atoms with E-state index in [1.54, 1.807) is 24.5 Å². The molecule has 1 heterocycles. The van der Waals surface area contributed by atoms with E-state index in [-0.39, 0.29) is 5.91 Å². The van der Waals surface area contributed by atoms with Crippen LogP contribution in [0.25, 0.3) is 0 Å². The van der Waals surface area contributed by atoms with Gasteiger partial charge in [-0.15, -0.1) is 0 Å². The van der Waals surface area contributed by atoms with Gasteiger partial charge in [0.05, 0.1) is 10.7 Å². The van der Waals surface area contributed by atoms with E-state index >= 15 is 0 Å². The van der Waals surface area contributed by atoms with Crippen LogP contribution in [0.2, 0.25) is 0 Å². The summed E-state index contributed by atoms with van der Waals surface area (Å²) in [5.41, 5.74) is 4.52. The van der Waals surface area contributed by atoms with Gasteiger partial charge in [-0.3, -0.25) is 9.78 Å². The number of pyridine rings is 1. The zero-order chi connectivity index (χ0) is 28.0. The van der Waals surface area contributed by atoms with Gasteiger partial charge in [0.15, 0.2) is 12.2 Å². The Morgan fingerprint density at radius 3 is 1.76 bits per heavy atom. The molecule has 0 spiro atoms. The first kappa shape index (κ1) is 26.2. The molecule has 2 unspecified atom stereocenters. The highest BCUT2D eigenvalue weighted by molar-refractivity contribution is 6.31. The molecule has 1 aliphatic carbocycles. The lowest BCUT2D eigenvalue weighted by molar-refractivity contribution is 0.102. The standard InChI is InChI=1S/C34H26ClN3O3/c35-30-31(37-24-15-17-25(18-16-24)38-34(39)23-19-21-36-22-20-23)33(41-27-11-5-2-6-12-27)29-14-8-7-13-28(29)32(30)40-26-9-3-1-4-10-26/h1-22,32-33,37H,(H,38,39). The van der Waals surface area contributed by atoms with Crippen LogP contribution < -0.4 is 20.1 Å². The number of benzene rings is 4. The first-order chi connectivity index (χ1) is 20.2. The van der Waals surface area contributed by atoms with E-state index in [0.717, 1.165) is 16.8 Å². The highest BCUT2D eigenvalue weighted by Gasteiger charge is 2.37. The Kier molecular flexibility index (Phi) is 7.65. The van der Waals surface area contributed by atoms with Crippen molar-refractivity contribution in [3.63, 3.8) is 0 Å². The predicted octanol–water partition coefficient (Wildman–Crippen LogP) is 8.15. The molecule has 202 valence electrons. The molecule has 41 heavy (non-hydrogen) atoms. The van der Waals surface area contributed by atoms with Crippen molar-refractivity contribution in [2.24, 2.45) is 0 Å². The number of carbonyl (C=O) groups is 1. The van der Waals surface area contributed by atoms with Gasteiger partial charge in [-0.1, -0.05) is 72.3 Å². The van der Waals surface area contributed by atoms with Gasteiger partial charge in [0, 0.05) is 40.5 Å². The van der Waals surface area contributed by atoms with E-state index < -0.39 is 12.2 Å². The summed E-state index contributed by atoms with van der Waals surface area (Å²) in [5, 5.41) is 6.89. The van der Waals surface area contributed by atoms with Crippen molar-refractivity contribution in [1.82, 2.24) is 4.98 Å². The fraction of sp³-hybridized carbons (Fsp3) is 0.0588. The van der Waals surface area contributed by atoms with Gasteiger partial charge >= 0.3 is 0 Å². The summed E-state index contributed by atoms with van der Waals surface area (Å²) in [7, 11) is 0. The predicted molar refractivity (Wildman–Crippen MR) is 161 cm³/mol. The van der Waals surface area contributed by atoms with Gasteiger partial charge in [0.2, 0.25) is 0 Å². The molecule has 0 saturated heterocycles. The molecule has 2 atom stereocenters. The van der Waals surface area contributed by atoms with E-state index in [1.807, 2.05) is 109 Å². The first-order valence-electron chi connectivity index (χ1n) is 13.2. The normalized spacial score (nSPS) is 15.9. The van der Waals surface area contributed by atoms with Crippen LogP contribution in [-0.2, 0) is 0 Å². The second-order valence-electron chi connectivity index (χ2n) is 9.40. The van der Waals surface area contributed by atoms with Crippen LogP contribution in [0, 0.1) is 0 Å². The van der Waals surface area contributed by atoms with Crippen LogP contribution >= 0.6 is 11.6 Å². The van der Waals surface area contributed by atoms with Crippen molar-refractivity contribution in [2.45, 2.75) is 12.2 Å². The molecule has 2 N–H and O–H groups in total. The molecule has 4 aromatic carbocycles. The van der Waals surface area contributed by atoms with Crippen molar-refractivity contribution in [3.05, 3.63) is 161 Å². The van der Waals surface area contributed by atoms with Crippen LogP contribution in [-0.4, -0.2) is 10.9 Å². The Morgan fingerprint density at radius 1 is 0.634 bits per heavy atom. The number of amides is 1. The molecule has 0 saturated carbocycles. The lowest BCUT2D eigenvalue weighted by Crippen LogP contribution is -2.27. The van der Waals surface area contributed by atoms with E-state index in [9.17, 15) is 4.79 Å². The third-order valence-electron chi connectivity index (χ3n) is 6.67. The number of carbonyl (C=O) groups excluding carboxylic acids is 1. The van der Waals surface area contributed by atoms with E-state index in [4.69, 9.17) is 21.1 Å². The molecular weight excluding hydrogens is 534 g/mol. The zero-order valence-electron chi connectivity index (χ0n) is 21.9. The van der Waals surface area contributed by atoms with Crippen molar-refractivity contribution in [1.29, 1.82) is 0 Å². The summed E-state index contributed by atoms with van der Waals surface area (Å²) in [4.78, 5) is 16.5. The number of nitrogens with zero attached hydrogens (tertiary/aromatic N) is 1. The summed E-state index contributed by atoms with van der Waals surface area (Å²) in [5.74, 6) is 1.22. The van der Waals surface area contributed by atoms with Gasteiger partial charge in [0.25, 0.3) is 5.91 Å². The maximum absolute atomic E-state index is 12.6. The monoisotopic (exact) mass is 559 g/mol. The molecular formula is C34H26ClN3O3. The minimum absolute atomic E-state index is 0.208. The number of rotatable bonds is 8. The quantitative estimate of drug-likeness (QED) is 0.201. The highest BCUT2D eigenvalue weighted by atomic mass is 35.5. The first-order valence-corrected chi connectivity index (χ1v) is 13.5. The van der Waals surface area contributed by atoms with Crippen molar-refractivity contribution in [3.8, 4) is 11.5 Å². The third-order valence-corrected chi connectivity index (χ3v) is 7.07. The smallest absolute Gasteiger partial charge is 0.255 e. The van der Waals surface area contributed by atoms with E-state index in [2.05, 4.69) is 15.6 Å².